The van der Waals surface area contributed by atoms with E-state index in [2.05, 4.69) is 32.7 Å². The molecule has 1 N–H and O–H groups in total. The molecule has 1 unspecified atom stereocenters. The predicted molar refractivity (Wildman–Crippen MR) is 79.7 cm³/mol. The number of ether oxygens (including phenoxy) is 1. The first-order chi connectivity index (χ1) is 10.4. The highest BCUT2D eigenvalue weighted by atomic mass is 16.5. The molecule has 2 aromatic rings. The second-order valence-corrected chi connectivity index (χ2v) is 4.96. The van der Waals surface area contributed by atoms with E-state index in [-0.39, 0.29) is 6.04 Å². The van der Waals surface area contributed by atoms with Crippen molar-refractivity contribution in [3.63, 3.8) is 0 Å². The van der Waals surface area contributed by atoms with Crippen LogP contribution in [0.25, 0.3) is 5.69 Å². The molecule has 0 saturated carbocycles. The van der Waals surface area contributed by atoms with Gasteiger partial charge >= 0.3 is 0 Å². The molecule has 7 heteroatoms. The van der Waals surface area contributed by atoms with E-state index in [0.717, 1.165) is 31.3 Å². The highest BCUT2D eigenvalue weighted by Crippen LogP contribution is 2.19. The maximum absolute atomic E-state index is 5.59. The van der Waals surface area contributed by atoms with Gasteiger partial charge < -0.3 is 15.0 Å². The molecule has 21 heavy (non-hydrogen) atoms. The van der Waals surface area contributed by atoms with Crippen LogP contribution in [-0.2, 0) is 4.74 Å². The fourth-order valence-corrected chi connectivity index (χ4v) is 2.50. The third kappa shape index (κ3) is 3.03. The lowest BCUT2D eigenvalue weighted by Gasteiger charge is -2.35. The average molecular weight is 288 g/mol. The second kappa shape index (κ2) is 6.64. The first-order valence-corrected chi connectivity index (χ1v) is 7.29. The van der Waals surface area contributed by atoms with E-state index in [0.29, 0.717) is 13.2 Å². The monoisotopic (exact) mass is 288 g/mol. The Morgan fingerprint density at radius 3 is 3.00 bits per heavy atom. The van der Waals surface area contributed by atoms with Gasteiger partial charge in [0.2, 0.25) is 0 Å². The molecule has 1 aromatic heterocycles. The number of anilines is 1. The Hall–Kier alpha value is -1.99. The maximum atomic E-state index is 5.59. The molecule has 0 spiro atoms. The summed E-state index contributed by atoms with van der Waals surface area (Å²) < 4.78 is 7.38. The van der Waals surface area contributed by atoms with Gasteiger partial charge in [0.1, 0.15) is 0 Å². The van der Waals surface area contributed by atoms with Crippen molar-refractivity contribution in [1.82, 2.24) is 25.5 Å². The van der Waals surface area contributed by atoms with Crippen LogP contribution in [0.4, 0.5) is 5.95 Å². The molecule has 0 amide bonds. The number of nitrogens with zero attached hydrogens (tertiary/aromatic N) is 5. The van der Waals surface area contributed by atoms with Crippen LogP contribution in [0.3, 0.4) is 0 Å². The Labute approximate surface area is 123 Å². The molecule has 1 saturated heterocycles. The van der Waals surface area contributed by atoms with Crippen molar-refractivity contribution >= 4 is 5.95 Å². The van der Waals surface area contributed by atoms with Crippen molar-refractivity contribution in [1.29, 1.82) is 0 Å². The molecule has 7 nitrogen and oxygen atoms in total. The Morgan fingerprint density at radius 2 is 2.19 bits per heavy atom. The van der Waals surface area contributed by atoms with E-state index in [1.807, 2.05) is 30.3 Å². The maximum Gasteiger partial charge on any atom is 0.250 e. The first-order valence-electron chi connectivity index (χ1n) is 7.29. The first kappa shape index (κ1) is 14.0. The number of hydrogen-bond donors (Lipinski definition) is 1. The van der Waals surface area contributed by atoms with E-state index in [1.54, 1.807) is 4.68 Å². The van der Waals surface area contributed by atoms with Gasteiger partial charge in [0.15, 0.2) is 0 Å². The van der Waals surface area contributed by atoms with Crippen molar-refractivity contribution in [3.05, 3.63) is 30.3 Å². The summed E-state index contributed by atoms with van der Waals surface area (Å²) in [6.45, 7) is 6.08. The molecule has 1 aromatic carbocycles. The summed E-state index contributed by atoms with van der Waals surface area (Å²) in [6, 6.07) is 10.2. The number of tetrazole rings is 1. The molecule has 0 bridgehead atoms. The number of aromatic nitrogens is 4. The summed E-state index contributed by atoms with van der Waals surface area (Å²) in [7, 11) is 0. The SMILES string of the molecule is CCNCC1COCCN1c1nnnn1-c1ccccc1. The quantitative estimate of drug-likeness (QED) is 0.863. The topological polar surface area (TPSA) is 68.1 Å². The summed E-state index contributed by atoms with van der Waals surface area (Å²) >= 11 is 0. The van der Waals surface area contributed by atoms with Crippen LogP contribution < -0.4 is 10.2 Å². The van der Waals surface area contributed by atoms with Gasteiger partial charge in [0, 0.05) is 13.1 Å². The van der Waals surface area contributed by atoms with E-state index in [4.69, 9.17) is 4.74 Å². The van der Waals surface area contributed by atoms with E-state index >= 15 is 0 Å². The minimum Gasteiger partial charge on any atom is -0.377 e. The van der Waals surface area contributed by atoms with Crippen LogP contribution in [0.5, 0.6) is 0 Å². The lowest BCUT2D eigenvalue weighted by atomic mass is 10.2. The standard InChI is InChI=1S/C14H20N6O/c1-2-15-10-13-11-21-9-8-19(13)14-16-17-18-20(14)12-6-4-3-5-7-12/h3-7,13,15H,2,8-11H2,1H3. The number of rotatable bonds is 5. The average Bonchev–Trinajstić information content (AvgIpc) is 3.03. The smallest absolute Gasteiger partial charge is 0.250 e. The molecule has 1 aliphatic heterocycles. The third-order valence-electron chi connectivity index (χ3n) is 3.57. The van der Waals surface area contributed by atoms with Gasteiger partial charge in [0.05, 0.1) is 24.9 Å². The molecule has 3 rings (SSSR count). The number of likely N-dealkylation sites (N-methyl/N-ethyl adjacent to an activating group) is 1. The van der Waals surface area contributed by atoms with Gasteiger partial charge in [-0.2, -0.15) is 4.68 Å². The van der Waals surface area contributed by atoms with E-state index < -0.39 is 0 Å². The second-order valence-electron chi connectivity index (χ2n) is 4.96. The number of benzene rings is 1. The van der Waals surface area contributed by atoms with Crippen molar-refractivity contribution in [3.8, 4) is 5.69 Å². The van der Waals surface area contributed by atoms with Gasteiger partial charge in [-0.1, -0.05) is 30.2 Å². The Balaban J connectivity index is 1.87. The lowest BCUT2D eigenvalue weighted by molar-refractivity contribution is 0.0928. The number of morpholine rings is 1. The molecule has 0 radical (unpaired) electrons. The summed E-state index contributed by atoms with van der Waals surface area (Å²) in [6.07, 6.45) is 0. The van der Waals surface area contributed by atoms with E-state index in [9.17, 15) is 0 Å². The van der Waals surface area contributed by atoms with Crippen molar-refractivity contribution < 1.29 is 4.74 Å². The normalized spacial score (nSPS) is 18.9. The van der Waals surface area contributed by atoms with Crippen LogP contribution in [0.1, 0.15) is 6.92 Å². The fourth-order valence-electron chi connectivity index (χ4n) is 2.50. The molecular formula is C14H20N6O. The largest absolute Gasteiger partial charge is 0.377 e. The van der Waals surface area contributed by atoms with Crippen molar-refractivity contribution in [2.75, 3.05) is 37.7 Å². The Kier molecular flexibility index (Phi) is 4.42. The van der Waals surface area contributed by atoms with Crippen LogP contribution in [0.15, 0.2) is 30.3 Å². The molecule has 2 heterocycles. The predicted octanol–water partition coefficient (Wildman–Crippen LogP) is 0.477. The van der Waals surface area contributed by atoms with Gasteiger partial charge in [-0.05, 0) is 29.1 Å². The summed E-state index contributed by atoms with van der Waals surface area (Å²) in [5.41, 5.74) is 0.964. The zero-order valence-electron chi connectivity index (χ0n) is 12.1. The number of nitrogens with one attached hydrogen (secondary N) is 1. The molecule has 112 valence electrons. The molecule has 1 aliphatic rings. The Morgan fingerprint density at radius 1 is 1.33 bits per heavy atom. The minimum absolute atomic E-state index is 0.243. The third-order valence-corrected chi connectivity index (χ3v) is 3.57. The van der Waals surface area contributed by atoms with Gasteiger partial charge in [-0.15, -0.1) is 0 Å². The van der Waals surface area contributed by atoms with Gasteiger partial charge in [0.25, 0.3) is 5.95 Å². The number of hydrogen-bond acceptors (Lipinski definition) is 6. The van der Waals surface area contributed by atoms with Crippen LogP contribution in [-0.4, -0.2) is 59.1 Å². The number of para-hydroxylation sites is 1. The summed E-state index contributed by atoms with van der Waals surface area (Å²) in [5.74, 6) is 0.771. The van der Waals surface area contributed by atoms with Crippen LogP contribution >= 0.6 is 0 Å². The fraction of sp³-hybridized carbons (Fsp3) is 0.500. The van der Waals surface area contributed by atoms with Gasteiger partial charge in [-0.3, -0.25) is 0 Å². The Bertz CT molecular complexity index is 558. The minimum atomic E-state index is 0.243. The van der Waals surface area contributed by atoms with Gasteiger partial charge in [-0.25, -0.2) is 0 Å². The molecule has 0 aliphatic carbocycles. The van der Waals surface area contributed by atoms with Crippen LogP contribution in [0, 0.1) is 0 Å². The highest BCUT2D eigenvalue weighted by molar-refractivity contribution is 5.41. The highest BCUT2D eigenvalue weighted by Gasteiger charge is 2.27. The summed E-state index contributed by atoms with van der Waals surface area (Å²) in [4.78, 5) is 2.22. The molecule has 1 fully saturated rings. The molecular weight excluding hydrogens is 268 g/mol. The molecule has 1 atom stereocenters. The van der Waals surface area contributed by atoms with Crippen LogP contribution in [0.2, 0.25) is 0 Å². The van der Waals surface area contributed by atoms with Crippen molar-refractivity contribution in [2.24, 2.45) is 0 Å². The summed E-state index contributed by atoms with van der Waals surface area (Å²) in [5, 5.41) is 15.6. The van der Waals surface area contributed by atoms with E-state index in [1.165, 1.54) is 0 Å². The van der Waals surface area contributed by atoms with Crippen molar-refractivity contribution in [2.45, 2.75) is 13.0 Å². The lowest BCUT2D eigenvalue weighted by Crippen LogP contribution is -2.51. The zero-order chi connectivity index (χ0) is 14.5. The zero-order valence-corrected chi connectivity index (χ0v) is 12.1.